The number of nitrogens with zero attached hydrogens (tertiary/aromatic N) is 2. The van der Waals surface area contributed by atoms with Crippen LogP contribution in [0.5, 0.6) is 5.75 Å². The molecule has 6 heteroatoms. The van der Waals surface area contributed by atoms with Crippen molar-refractivity contribution < 1.29 is 10.0 Å². The van der Waals surface area contributed by atoms with Crippen molar-refractivity contribution >= 4 is 11.4 Å². The summed E-state index contributed by atoms with van der Waals surface area (Å²) in [5.41, 5.74) is 2.00. The quantitative estimate of drug-likeness (QED) is 0.663. The van der Waals surface area contributed by atoms with Crippen LogP contribution in [0.1, 0.15) is 16.7 Å². The number of nitro benzene ring substituents is 1. The van der Waals surface area contributed by atoms with Crippen molar-refractivity contribution in [3.05, 3.63) is 63.2 Å². The van der Waals surface area contributed by atoms with Crippen LogP contribution >= 0.6 is 0 Å². The van der Waals surface area contributed by atoms with E-state index in [0.717, 1.165) is 5.56 Å². The van der Waals surface area contributed by atoms with Crippen LogP contribution in [0.3, 0.4) is 0 Å². The Kier molecular flexibility index (Phi) is 4.05. The lowest BCUT2D eigenvalue weighted by Gasteiger charge is -2.09. The van der Waals surface area contributed by atoms with Gasteiger partial charge in [-0.1, -0.05) is 17.7 Å². The zero-order valence-electron chi connectivity index (χ0n) is 11.3. The van der Waals surface area contributed by atoms with Crippen LogP contribution in [-0.4, -0.2) is 10.0 Å². The van der Waals surface area contributed by atoms with Gasteiger partial charge in [-0.15, -0.1) is 0 Å². The summed E-state index contributed by atoms with van der Waals surface area (Å²) in [6.07, 6.45) is 0. The molecule has 21 heavy (non-hydrogen) atoms. The van der Waals surface area contributed by atoms with Gasteiger partial charge in [0.05, 0.1) is 16.6 Å². The molecule has 0 amide bonds. The van der Waals surface area contributed by atoms with E-state index in [1.54, 1.807) is 18.2 Å². The van der Waals surface area contributed by atoms with Crippen molar-refractivity contribution in [3.63, 3.8) is 0 Å². The van der Waals surface area contributed by atoms with Crippen LogP contribution < -0.4 is 5.32 Å². The summed E-state index contributed by atoms with van der Waals surface area (Å²) in [6, 6.07) is 11.3. The van der Waals surface area contributed by atoms with Gasteiger partial charge in [0.2, 0.25) is 0 Å². The van der Waals surface area contributed by atoms with Crippen LogP contribution in [0.15, 0.2) is 36.4 Å². The first kappa shape index (κ1) is 14.3. The van der Waals surface area contributed by atoms with Gasteiger partial charge in [-0.05, 0) is 25.1 Å². The lowest BCUT2D eigenvalue weighted by molar-refractivity contribution is -0.384. The monoisotopic (exact) mass is 283 g/mol. The van der Waals surface area contributed by atoms with Gasteiger partial charge in [0.15, 0.2) is 0 Å². The number of phenols is 1. The van der Waals surface area contributed by atoms with Gasteiger partial charge in [0, 0.05) is 18.2 Å². The van der Waals surface area contributed by atoms with E-state index in [-0.39, 0.29) is 23.5 Å². The number of nitrogens with one attached hydrogen (secondary N) is 1. The fourth-order valence-corrected chi connectivity index (χ4v) is 1.95. The first-order chi connectivity index (χ1) is 10.0. The number of nitriles is 1. The number of anilines is 1. The van der Waals surface area contributed by atoms with E-state index in [1.165, 1.54) is 18.2 Å². The highest BCUT2D eigenvalue weighted by Crippen LogP contribution is 2.27. The van der Waals surface area contributed by atoms with E-state index in [1.807, 2.05) is 13.0 Å². The van der Waals surface area contributed by atoms with Crippen LogP contribution in [-0.2, 0) is 6.54 Å². The average molecular weight is 283 g/mol. The van der Waals surface area contributed by atoms with Crippen molar-refractivity contribution in [3.8, 4) is 11.8 Å². The van der Waals surface area contributed by atoms with Crippen molar-refractivity contribution in [2.24, 2.45) is 0 Å². The number of hydrogen-bond donors (Lipinski definition) is 2. The molecule has 0 heterocycles. The number of rotatable bonds is 4. The molecular weight excluding hydrogens is 270 g/mol. The maximum atomic E-state index is 11.0. The molecule has 0 radical (unpaired) electrons. The Hall–Kier alpha value is -3.07. The Morgan fingerprint density at radius 2 is 2.10 bits per heavy atom. The number of nitro groups is 1. The van der Waals surface area contributed by atoms with Crippen molar-refractivity contribution in [2.75, 3.05) is 5.32 Å². The van der Waals surface area contributed by atoms with Crippen LogP contribution in [0, 0.1) is 28.4 Å². The Morgan fingerprint density at radius 3 is 2.76 bits per heavy atom. The molecule has 0 atom stereocenters. The van der Waals surface area contributed by atoms with E-state index in [0.29, 0.717) is 11.3 Å². The van der Waals surface area contributed by atoms with Gasteiger partial charge < -0.3 is 10.4 Å². The Bertz CT molecular complexity index is 735. The topological polar surface area (TPSA) is 99.2 Å². The number of phenolic OH excluding ortho intramolecular Hbond substituents is 1. The second-order valence-electron chi connectivity index (χ2n) is 4.59. The van der Waals surface area contributed by atoms with Gasteiger partial charge in [-0.25, -0.2) is 0 Å². The van der Waals surface area contributed by atoms with Crippen molar-refractivity contribution in [2.45, 2.75) is 13.5 Å². The molecule has 0 saturated carbocycles. The lowest BCUT2D eigenvalue weighted by atomic mass is 10.1. The lowest BCUT2D eigenvalue weighted by Crippen LogP contribution is -2.03. The second kappa shape index (κ2) is 5.92. The molecule has 0 aliphatic rings. The fraction of sp³-hybridized carbons (Fsp3) is 0.133. The summed E-state index contributed by atoms with van der Waals surface area (Å²) < 4.78 is 0. The van der Waals surface area contributed by atoms with Crippen LogP contribution in [0.25, 0.3) is 0 Å². The number of aromatic hydroxyl groups is 1. The van der Waals surface area contributed by atoms with Gasteiger partial charge in [0.1, 0.15) is 11.4 Å². The number of hydrogen-bond acceptors (Lipinski definition) is 5. The minimum absolute atomic E-state index is 0.129. The molecule has 0 unspecified atom stereocenters. The highest BCUT2D eigenvalue weighted by atomic mass is 16.6. The third-order valence-corrected chi connectivity index (χ3v) is 3.03. The third kappa shape index (κ3) is 3.28. The maximum Gasteiger partial charge on any atom is 0.293 e. The molecule has 0 fully saturated rings. The number of benzene rings is 2. The minimum Gasteiger partial charge on any atom is -0.508 e. The summed E-state index contributed by atoms with van der Waals surface area (Å²) in [7, 11) is 0. The smallest absolute Gasteiger partial charge is 0.293 e. The predicted molar refractivity (Wildman–Crippen MR) is 78.0 cm³/mol. The van der Waals surface area contributed by atoms with Crippen molar-refractivity contribution in [1.82, 2.24) is 0 Å². The maximum absolute atomic E-state index is 11.0. The summed E-state index contributed by atoms with van der Waals surface area (Å²) in [6.45, 7) is 2.15. The van der Waals surface area contributed by atoms with E-state index in [9.17, 15) is 15.2 Å². The van der Waals surface area contributed by atoms with E-state index < -0.39 is 4.92 Å². The largest absolute Gasteiger partial charge is 0.508 e. The van der Waals surface area contributed by atoms with E-state index >= 15 is 0 Å². The molecule has 106 valence electrons. The van der Waals surface area contributed by atoms with Crippen LogP contribution in [0.2, 0.25) is 0 Å². The summed E-state index contributed by atoms with van der Waals surface area (Å²) in [5, 5.41) is 32.5. The molecule has 6 nitrogen and oxygen atoms in total. The van der Waals surface area contributed by atoms with Crippen molar-refractivity contribution in [1.29, 1.82) is 5.26 Å². The molecule has 0 bridgehead atoms. The first-order valence-corrected chi connectivity index (χ1v) is 6.22. The standard InChI is InChI=1S/C15H13N3O3/c1-10-2-5-15(19)12(6-10)9-17-13-4-3-11(8-16)7-14(13)18(20)21/h2-7,17,19H,9H2,1H3. The molecule has 2 rings (SSSR count). The molecular formula is C15H13N3O3. The van der Waals surface area contributed by atoms with E-state index in [2.05, 4.69) is 5.32 Å². The van der Waals surface area contributed by atoms with Gasteiger partial charge in [-0.3, -0.25) is 10.1 Å². The Balaban J connectivity index is 2.26. The Morgan fingerprint density at radius 1 is 1.33 bits per heavy atom. The Labute approximate surface area is 121 Å². The summed E-state index contributed by atoms with van der Waals surface area (Å²) in [5.74, 6) is 0.129. The summed E-state index contributed by atoms with van der Waals surface area (Å²) in [4.78, 5) is 10.5. The average Bonchev–Trinajstić information content (AvgIpc) is 2.48. The number of aryl methyl sites for hydroxylation is 1. The summed E-state index contributed by atoms with van der Waals surface area (Å²) >= 11 is 0. The highest BCUT2D eigenvalue weighted by molar-refractivity contribution is 5.64. The molecule has 2 aromatic carbocycles. The fourth-order valence-electron chi connectivity index (χ4n) is 1.95. The third-order valence-electron chi connectivity index (χ3n) is 3.03. The highest BCUT2D eigenvalue weighted by Gasteiger charge is 2.14. The molecule has 0 spiro atoms. The molecule has 0 aliphatic carbocycles. The first-order valence-electron chi connectivity index (χ1n) is 6.22. The normalized spacial score (nSPS) is 9.90. The molecule has 0 aromatic heterocycles. The zero-order chi connectivity index (χ0) is 15.4. The molecule has 2 aromatic rings. The SMILES string of the molecule is Cc1ccc(O)c(CNc2ccc(C#N)cc2[N+](=O)[O-])c1. The molecule has 0 saturated heterocycles. The zero-order valence-corrected chi connectivity index (χ0v) is 11.3. The second-order valence-corrected chi connectivity index (χ2v) is 4.59. The predicted octanol–water partition coefficient (Wildman–Crippen LogP) is 3.09. The molecule has 0 aliphatic heterocycles. The van der Waals surface area contributed by atoms with E-state index in [4.69, 9.17) is 5.26 Å². The van der Waals surface area contributed by atoms with Gasteiger partial charge >= 0.3 is 0 Å². The van der Waals surface area contributed by atoms with Gasteiger partial charge in [-0.2, -0.15) is 5.26 Å². The minimum atomic E-state index is -0.542. The van der Waals surface area contributed by atoms with Crippen LogP contribution in [0.4, 0.5) is 11.4 Å². The van der Waals surface area contributed by atoms with Gasteiger partial charge in [0.25, 0.3) is 5.69 Å². The molecule has 2 N–H and O–H groups in total.